The second-order valence-electron chi connectivity index (χ2n) is 3.98. The Bertz CT molecular complexity index is 519. The number of allylic oxidation sites excluding steroid dienone is 1. The average molecular weight is 269 g/mol. The molecule has 0 aromatic carbocycles. The first-order valence-electron chi connectivity index (χ1n) is 5.75. The number of nitrogens with zero attached hydrogens (tertiary/aromatic N) is 2. The molecule has 1 fully saturated rings. The van der Waals surface area contributed by atoms with Gasteiger partial charge in [0, 0.05) is 12.2 Å². The maximum atomic E-state index is 12.0. The van der Waals surface area contributed by atoms with Gasteiger partial charge in [-0.25, -0.2) is 0 Å². The predicted octanol–water partition coefficient (Wildman–Crippen LogP) is 1.81. The van der Waals surface area contributed by atoms with Gasteiger partial charge in [0.05, 0.1) is 6.20 Å². The molecule has 18 heavy (non-hydrogen) atoms. The van der Waals surface area contributed by atoms with E-state index >= 15 is 0 Å². The number of carbonyl (C=O) groups is 1. The molecule has 1 aliphatic rings. The van der Waals surface area contributed by atoms with Crippen LogP contribution < -0.4 is 5.56 Å². The summed E-state index contributed by atoms with van der Waals surface area (Å²) in [5, 5.41) is 4.10. The van der Waals surface area contributed by atoms with Crippen molar-refractivity contribution in [3.63, 3.8) is 0 Å². The molecule has 0 N–H and O–H groups in total. The number of hydrogen-bond donors (Lipinski definition) is 0. The predicted molar refractivity (Wildman–Crippen MR) is 67.4 cm³/mol. The number of ether oxygens (including phenoxy) is 1. The largest absolute Gasteiger partial charge is 0.356 e. The Morgan fingerprint density at radius 3 is 3.00 bits per heavy atom. The van der Waals surface area contributed by atoms with E-state index in [1.54, 1.807) is 0 Å². The molecule has 0 bridgehead atoms. The quantitative estimate of drug-likeness (QED) is 0.620. The molecule has 0 spiro atoms. The van der Waals surface area contributed by atoms with Crippen LogP contribution in [-0.2, 0) is 9.53 Å². The molecule has 0 amide bonds. The second-order valence-corrected chi connectivity index (χ2v) is 4.36. The number of rotatable bonds is 3. The molecular formula is C12H13ClN2O3. The fourth-order valence-electron chi connectivity index (χ4n) is 1.84. The Labute approximate surface area is 109 Å². The molecule has 1 saturated heterocycles. The first-order chi connectivity index (χ1) is 8.74. The summed E-state index contributed by atoms with van der Waals surface area (Å²) in [6.45, 7) is 0.628. The molecule has 2 heterocycles. The third-order valence-electron chi connectivity index (χ3n) is 2.75. The van der Waals surface area contributed by atoms with Crippen molar-refractivity contribution in [3.05, 3.63) is 33.2 Å². The molecule has 1 atom stereocenters. The van der Waals surface area contributed by atoms with E-state index in [1.807, 2.05) is 0 Å². The zero-order chi connectivity index (χ0) is 13.0. The number of carbonyl (C=O) groups excluding carboxylic acids is 1. The van der Waals surface area contributed by atoms with Crippen molar-refractivity contribution >= 4 is 24.0 Å². The lowest BCUT2D eigenvalue weighted by atomic mass is 10.2. The van der Waals surface area contributed by atoms with Crippen molar-refractivity contribution in [2.24, 2.45) is 0 Å². The van der Waals surface area contributed by atoms with Crippen LogP contribution in [0.4, 0.5) is 0 Å². The highest BCUT2D eigenvalue weighted by Crippen LogP contribution is 2.21. The van der Waals surface area contributed by atoms with Gasteiger partial charge in [-0.1, -0.05) is 11.6 Å². The fraction of sp³-hybridized carbons (Fsp3) is 0.417. The van der Waals surface area contributed by atoms with E-state index in [4.69, 9.17) is 16.3 Å². The molecule has 1 aromatic heterocycles. The minimum Gasteiger partial charge on any atom is -0.356 e. The average Bonchev–Trinajstić information content (AvgIpc) is 2.41. The van der Waals surface area contributed by atoms with Gasteiger partial charge in [-0.15, -0.1) is 0 Å². The lowest BCUT2D eigenvalue weighted by Gasteiger charge is -2.23. The number of aromatic nitrogens is 2. The fourth-order valence-corrected chi connectivity index (χ4v) is 2.04. The molecule has 0 saturated carbocycles. The van der Waals surface area contributed by atoms with Crippen LogP contribution in [0.3, 0.4) is 0 Å². The van der Waals surface area contributed by atoms with Gasteiger partial charge in [0.15, 0.2) is 6.23 Å². The molecule has 6 heteroatoms. The van der Waals surface area contributed by atoms with Crippen molar-refractivity contribution in [1.82, 2.24) is 9.78 Å². The Balaban J connectivity index is 2.33. The molecular weight excluding hydrogens is 256 g/mol. The topological polar surface area (TPSA) is 61.2 Å². The summed E-state index contributed by atoms with van der Waals surface area (Å²) < 4.78 is 6.75. The summed E-state index contributed by atoms with van der Waals surface area (Å²) >= 11 is 5.96. The molecule has 0 radical (unpaired) electrons. The summed E-state index contributed by atoms with van der Waals surface area (Å²) in [4.78, 5) is 22.3. The van der Waals surface area contributed by atoms with Crippen molar-refractivity contribution < 1.29 is 9.53 Å². The van der Waals surface area contributed by atoms with Gasteiger partial charge in [0.1, 0.15) is 11.3 Å². The maximum Gasteiger partial charge on any atom is 0.288 e. The Kier molecular flexibility index (Phi) is 4.28. The Morgan fingerprint density at radius 2 is 2.33 bits per heavy atom. The standard InChI is InChI=1S/C12H13ClN2O3/c13-11-9(4-3-6-16)8-14-15(12(11)17)10-5-1-2-7-18-10/h3-4,6,8,10H,1-2,5,7H2/b4-3+. The van der Waals surface area contributed by atoms with Crippen LogP contribution in [0.15, 0.2) is 17.1 Å². The van der Waals surface area contributed by atoms with E-state index in [-0.39, 0.29) is 11.3 Å². The summed E-state index contributed by atoms with van der Waals surface area (Å²) in [6.07, 6.45) is 7.22. The van der Waals surface area contributed by atoms with Gasteiger partial charge in [-0.3, -0.25) is 9.59 Å². The molecule has 1 aromatic rings. The zero-order valence-corrected chi connectivity index (χ0v) is 10.5. The van der Waals surface area contributed by atoms with E-state index in [1.165, 1.54) is 23.0 Å². The van der Waals surface area contributed by atoms with Crippen molar-refractivity contribution in [2.45, 2.75) is 25.5 Å². The van der Waals surface area contributed by atoms with Gasteiger partial charge in [-0.2, -0.15) is 9.78 Å². The van der Waals surface area contributed by atoms with E-state index < -0.39 is 5.56 Å². The Morgan fingerprint density at radius 1 is 1.50 bits per heavy atom. The highest BCUT2D eigenvalue weighted by atomic mass is 35.5. The van der Waals surface area contributed by atoms with Crippen molar-refractivity contribution in [1.29, 1.82) is 0 Å². The first kappa shape index (κ1) is 13.0. The van der Waals surface area contributed by atoms with Gasteiger partial charge in [-0.05, 0) is 31.4 Å². The summed E-state index contributed by atoms with van der Waals surface area (Å²) in [5.41, 5.74) is 0.0393. The van der Waals surface area contributed by atoms with Gasteiger partial charge in [0.2, 0.25) is 0 Å². The minimum atomic E-state index is -0.392. The molecule has 0 aliphatic carbocycles. The molecule has 2 rings (SSSR count). The lowest BCUT2D eigenvalue weighted by molar-refractivity contribution is -0.104. The highest BCUT2D eigenvalue weighted by Gasteiger charge is 2.19. The van der Waals surface area contributed by atoms with E-state index in [0.717, 1.165) is 19.3 Å². The summed E-state index contributed by atoms with van der Waals surface area (Å²) in [5.74, 6) is 0. The van der Waals surface area contributed by atoms with Crippen LogP contribution in [0.1, 0.15) is 31.1 Å². The van der Waals surface area contributed by atoms with Gasteiger partial charge >= 0.3 is 0 Å². The van der Waals surface area contributed by atoms with Crippen LogP contribution in [0.5, 0.6) is 0 Å². The van der Waals surface area contributed by atoms with E-state index in [9.17, 15) is 9.59 Å². The Hall–Kier alpha value is -1.46. The highest BCUT2D eigenvalue weighted by molar-refractivity contribution is 6.31. The minimum absolute atomic E-state index is 0.0530. The van der Waals surface area contributed by atoms with Crippen molar-refractivity contribution in [2.75, 3.05) is 6.61 Å². The number of aldehydes is 1. The molecule has 1 unspecified atom stereocenters. The third kappa shape index (κ3) is 2.68. The SMILES string of the molecule is O=C/C=C/c1cnn(C2CCCCO2)c(=O)c1Cl. The third-order valence-corrected chi connectivity index (χ3v) is 3.13. The van der Waals surface area contributed by atoms with Crippen LogP contribution in [-0.4, -0.2) is 22.7 Å². The molecule has 96 valence electrons. The van der Waals surface area contributed by atoms with E-state index in [2.05, 4.69) is 5.10 Å². The zero-order valence-electron chi connectivity index (χ0n) is 9.71. The molecule has 1 aliphatic heterocycles. The second kappa shape index (κ2) is 5.93. The van der Waals surface area contributed by atoms with Crippen LogP contribution in [0.25, 0.3) is 6.08 Å². The van der Waals surface area contributed by atoms with E-state index in [0.29, 0.717) is 18.5 Å². The maximum absolute atomic E-state index is 12.0. The lowest BCUT2D eigenvalue weighted by Crippen LogP contribution is -2.31. The van der Waals surface area contributed by atoms with Crippen LogP contribution in [0, 0.1) is 0 Å². The smallest absolute Gasteiger partial charge is 0.288 e. The summed E-state index contributed by atoms with van der Waals surface area (Å²) in [6, 6.07) is 0. The number of halogens is 1. The van der Waals surface area contributed by atoms with Gasteiger partial charge in [0.25, 0.3) is 5.56 Å². The first-order valence-corrected chi connectivity index (χ1v) is 6.12. The molecule has 5 nitrogen and oxygen atoms in total. The monoisotopic (exact) mass is 268 g/mol. The van der Waals surface area contributed by atoms with Crippen molar-refractivity contribution in [3.8, 4) is 0 Å². The summed E-state index contributed by atoms with van der Waals surface area (Å²) in [7, 11) is 0. The van der Waals surface area contributed by atoms with Gasteiger partial charge < -0.3 is 4.74 Å². The number of hydrogen-bond acceptors (Lipinski definition) is 4. The normalized spacial score (nSPS) is 20.2. The van der Waals surface area contributed by atoms with Crippen LogP contribution >= 0.6 is 11.6 Å². The van der Waals surface area contributed by atoms with Crippen LogP contribution in [0.2, 0.25) is 5.02 Å².